The van der Waals surface area contributed by atoms with Crippen LogP contribution in [0, 0.1) is 5.92 Å². The molecule has 0 bridgehead atoms. The minimum absolute atomic E-state index is 0.182. The average molecular weight is 370 g/mol. The predicted octanol–water partition coefficient (Wildman–Crippen LogP) is 2.34. The zero-order valence-electron chi connectivity index (χ0n) is 15.7. The summed E-state index contributed by atoms with van der Waals surface area (Å²) in [5.74, 6) is -0.473. The van der Waals surface area contributed by atoms with Gasteiger partial charge in [0, 0.05) is 13.1 Å². The van der Waals surface area contributed by atoms with E-state index in [0.29, 0.717) is 0 Å². The molecule has 1 aromatic carbocycles. The van der Waals surface area contributed by atoms with Gasteiger partial charge >= 0.3 is 6.03 Å². The molecule has 2 heterocycles. The van der Waals surface area contributed by atoms with Crippen molar-refractivity contribution in [3.05, 3.63) is 24.3 Å². The number of amides is 4. The molecule has 2 aliphatic heterocycles. The van der Waals surface area contributed by atoms with Gasteiger partial charge in [-0.15, -0.1) is 0 Å². The summed E-state index contributed by atoms with van der Waals surface area (Å²) < 4.78 is 0. The molecule has 0 radical (unpaired) electrons. The van der Waals surface area contributed by atoms with Crippen molar-refractivity contribution in [3.8, 4) is 0 Å². The fourth-order valence-electron chi connectivity index (χ4n) is 4.12. The molecule has 2 saturated heterocycles. The smallest absolute Gasteiger partial charge is 0.325 e. The molecular formula is C20H26N4O3. The lowest BCUT2D eigenvalue weighted by atomic mass is 9.96. The van der Waals surface area contributed by atoms with Crippen LogP contribution in [0.15, 0.2) is 24.3 Å². The highest BCUT2D eigenvalue weighted by Crippen LogP contribution is 2.42. The molecule has 0 spiro atoms. The van der Waals surface area contributed by atoms with E-state index in [1.807, 2.05) is 24.3 Å². The summed E-state index contributed by atoms with van der Waals surface area (Å²) in [6, 6.07) is 7.22. The van der Waals surface area contributed by atoms with Crippen molar-refractivity contribution < 1.29 is 14.4 Å². The van der Waals surface area contributed by atoms with Gasteiger partial charge in [0.05, 0.1) is 11.4 Å². The number of anilines is 2. The largest absolute Gasteiger partial charge is 0.370 e. The van der Waals surface area contributed by atoms with Gasteiger partial charge in [0.1, 0.15) is 12.1 Å². The van der Waals surface area contributed by atoms with Crippen LogP contribution in [-0.4, -0.2) is 47.9 Å². The number of piperidine rings is 1. The van der Waals surface area contributed by atoms with Crippen LogP contribution in [0.2, 0.25) is 0 Å². The minimum atomic E-state index is -0.858. The van der Waals surface area contributed by atoms with Crippen molar-refractivity contribution in [1.82, 2.24) is 10.2 Å². The Labute approximate surface area is 159 Å². The summed E-state index contributed by atoms with van der Waals surface area (Å²) in [5, 5.41) is 5.67. The van der Waals surface area contributed by atoms with Crippen LogP contribution in [0.5, 0.6) is 0 Å². The molecule has 3 fully saturated rings. The van der Waals surface area contributed by atoms with E-state index in [1.54, 1.807) is 6.92 Å². The lowest BCUT2D eigenvalue weighted by molar-refractivity contribution is -0.134. The third-order valence-corrected chi connectivity index (χ3v) is 5.87. The Hall–Kier alpha value is -2.57. The Bertz CT molecular complexity index is 770. The normalized spacial score (nSPS) is 25.5. The van der Waals surface area contributed by atoms with Crippen molar-refractivity contribution >= 4 is 29.2 Å². The van der Waals surface area contributed by atoms with Crippen LogP contribution in [0.25, 0.3) is 0 Å². The molecule has 1 saturated carbocycles. The van der Waals surface area contributed by atoms with Crippen molar-refractivity contribution in [1.29, 1.82) is 0 Å². The molecule has 2 N–H and O–H groups in total. The molecule has 3 aliphatic rings. The first-order valence-electron chi connectivity index (χ1n) is 9.77. The summed E-state index contributed by atoms with van der Waals surface area (Å²) in [6.07, 6.45) is 5.39. The van der Waals surface area contributed by atoms with Crippen molar-refractivity contribution in [2.75, 3.05) is 29.9 Å². The van der Waals surface area contributed by atoms with Gasteiger partial charge in [-0.05, 0) is 57.1 Å². The number of benzene rings is 1. The van der Waals surface area contributed by atoms with Gasteiger partial charge in [-0.3, -0.25) is 14.5 Å². The van der Waals surface area contributed by atoms with Gasteiger partial charge in [-0.2, -0.15) is 0 Å². The van der Waals surface area contributed by atoms with Crippen LogP contribution in [0.4, 0.5) is 16.2 Å². The molecule has 1 unspecified atom stereocenters. The van der Waals surface area contributed by atoms with Gasteiger partial charge in [0.15, 0.2) is 0 Å². The van der Waals surface area contributed by atoms with Gasteiger partial charge in [-0.25, -0.2) is 4.79 Å². The predicted molar refractivity (Wildman–Crippen MR) is 103 cm³/mol. The summed E-state index contributed by atoms with van der Waals surface area (Å²) in [7, 11) is 0. The van der Waals surface area contributed by atoms with E-state index in [-0.39, 0.29) is 24.3 Å². The second-order valence-corrected chi connectivity index (χ2v) is 7.91. The summed E-state index contributed by atoms with van der Waals surface area (Å²) >= 11 is 0. The number of para-hydroxylation sites is 2. The number of nitrogens with zero attached hydrogens (tertiary/aromatic N) is 2. The van der Waals surface area contributed by atoms with E-state index in [9.17, 15) is 14.4 Å². The van der Waals surface area contributed by atoms with Crippen molar-refractivity contribution in [2.45, 2.75) is 44.6 Å². The fraction of sp³-hybridized carbons (Fsp3) is 0.550. The van der Waals surface area contributed by atoms with Gasteiger partial charge in [0.25, 0.3) is 5.91 Å². The van der Waals surface area contributed by atoms with E-state index in [1.165, 1.54) is 6.42 Å². The van der Waals surface area contributed by atoms with Crippen molar-refractivity contribution in [3.63, 3.8) is 0 Å². The number of rotatable bonds is 5. The second-order valence-electron chi connectivity index (χ2n) is 7.91. The molecule has 0 aromatic heterocycles. The Kier molecular flexibility index (Phi) is 4.53. The molecule has 4 rings (SSSR count). The number of hydrogen-bond acceptors (Lipinski definition) is 4. The highest BCUT2D eigenvalue weighted by atomic mass is 16.2. The Morgan fingerprint density at radius 1 is 1.19 bits per heavy atom. The highest BCUT2D eigenvalue weighted by molar-refractivity contribution is 6.10. The van der Waals surface area contributed by atoms with E-state index >= 15 is 0 Å². The third-order valence-electron chi connectivity index (χ3n) is 5.87. The number of carbonyl (C=O) groups is 3. The Balaban J connectivity index is 1.44. The first-order chi connectivity index (χ1) is 13.0. The number of nitrogens with one attached hydrogen (secondary N) is 2. The quantitative estimate of drug-likeness (QED) is 0.780. The van der Waals surface area contributed by atoms with Crippen molar-refractivity contribution in [2.24, 2.45) is 5.92 Å². The van der Waals surface area contributed by atoms with E-state index < -0.39 is 11.6 Å². The Morgan fingerprint density at radius 3 is 2.59 bits per heavy atom. The fourth-order valence-corrected chi connectivity index (χ4v) is 4.12. The topological polar surface area (TPSA) is 81.8 Å². The summed E-state index contributed by atoms with van der Waals surface area (Å²) in [6.45, 7) is 3.44. The van der Waals surface area contributed by atoms with Gasteiger partial charge in [-0.1, -0.05) is 12.1 Å². The third kappa shape index (κ3) is 3.38. The van der Waals surface area contributed by atoms with E-state index in [4.69, 9.17) is 0 Å². The lowest BCUT2D eigenvalue weighted by Gasteiger charge is -2.30. The second kappa shape index (κ2) is 6.87. The lowest BCUT2D eigenvalue weighted by Crippen LogP contribution is -2.46. The first-order valence-corrected chi connectivity index (χ1v) is 9.77. The zero-order valence-corrected chi connectivity index (χ0v) is 15.7. The maximum absolute atomic E-state index is 12.7. The number of hydrogen-bond donors (Lipinski definition) is 2. The van der Waals surface area contributed by atoms with Crippen LogP contribution < -0.4 is 15.5 Å². The minimum Gasteiger partial charge on any atom is -0.370 e. The molecule has 27 heavy (non-hydrogen) atoms. The maximum atomic E-state index is 12.7. The standard InChI is InChI=1S/C20H26N4O3/c1-20(14-9-10-14)18(26)24(19(27)22-20)13-17(25)21-15-7-3-4-8-16(15)23-11-5-2-6-12-23/h3-4,7-8,14H,2,5-6,9-13H2,1H3,(H,21,25)(H,22,27). The Morgan fingerprint density at radius 2 is 1.89 bits per heavy atom. The molecule has 7 heteroatoms. The molecule has 4 amide bonds. The number of carbonyl (C=O) groups excluding carboxylic acids is 3. The van der Waals surface area contributed by atoms with Crippen LogP contribution >= 0.6 is 0 Å². The number of imide groups is 1. The van der Waals surface area contributed by atoms with E-state index in [0.717, 1.165) is 55.0 Å². The zero-order chi connectivity index (χ0) is 19.0. The molecule has 7 nitrogen and oxygen atoms in total. The van der Waals surface area contributed by atoms with Crippen LogP contribution in [0.1, 0.15) is 39.0 Å². The molecular weight excluding hydrogens is 344 g/mol. The summed E-state index contributed by atoms with van der Waals surface area (Å²) in [5.41, 5.74) is 0.857. The SMILES string of the molecule is CC1(C2CC2)NC(=O)N(CC(=O)Nc2ccccc2N2CCCCC2)C1=O. The highest BCUT2D eigenvalue weighted by Gasteiger charge is 2.56. The van der Waals surface area contributed by atoms with Crippen LogP contribution in [-0.2, 0) is 9.59 Å². The monoisotopic (exact) mass is 370 g/mol. The average Bonchev–Trinajstić information content (AvgIpc) is 3.49. The van der Waals surface area contributed by atoms with E-state index in [2.05, 4.69) is 15.5 Å². The summed E-state index contributed by atoms with van der Waals surface area (Å²) in [4.78, 5) is 40.8. The van der Waals surface area contributed by atoms with Crippen LogP contribution in [0.3, 0.4) is 0 Å². The molecule has 144 valence electrons. The molecule has 1 aliphatic carbocycles. The first kappa shape index (κ1) is 17.8. The maximum Gasteiger partial charge on any atom is 0.325 e. The molecule has 1 atom stereocenters. The van der Waals surface area contributed by atoms with Gasteiger partial charge < -0.3 is 15.5 Å². The number of urea groups is 1. The van der Waals surface area contributed by atoms with Gasteiger partial charge in [0.2, 0.25) is 5.91 Å². The molecule has 1 aromatic rings.